The molecule has 1 aliphatic heterocycles. The number of amides is 4. The van der Waals surface area contributed by atoms with E-state index < -0.39 is 18.0 Å². The highest BCUT2D eigenvalue weighted by Gasteiger charge is 2.46. The first-order chi connectivity index (χ1) is 13.5. The number of para-hydroxylation sites is 1. The van der Waals surface area contributed by atoms with Crippen LogP contribution in [0.5, 0.6) is 0 Å². The summed E-state index contributed by atoms with van der Waals surface area (Å²) in [5.74, 6) is -0.737. The van der Waals surface area contributed by atoms with E-state index >= 15 is 0 Å². The second-order valence-electron chi connectivity index (χ2n) is 6.61. The van der Waals surface area contributed by atoms with E-state index in [-0.39, 0.29) is 25.5 Å². The van der Waals surface area contributed by atoms with Gasteiger partial charge in [-0.2, -0.15) is 0 Å². The number of hydrogen-bond donors (Lipinski definition) is 1. The molecule has 2 aromatic carbocycles. The number of nitrogens with zero attached hydrogens (tertiary/aromatic N) is 2. The molecule has 146 valence electrons. The zero-order valence-corrected chi connectivity index (χ0v) is 15.9. The van der Waals surface area contributed by atoms with Gasteiger partial charge >= 0.3 is 6.03 Å². The summed E-state index contributed by atoms with van der Waals surface area (Å²) in [5, 5.41) is 2.76. The number of hydrogen-bond acceptors (Lipinski definition) is 4. The minimum absolute atomic E-state index is 0.120. The van der Waals surface area contributed by atoms with Crippen LogP contribution >= 0.6 is 0 Å². The zero-order valence-electron chi connectivity index (χ0n) is 15.9. The standard InChI is InChI=1S/C21H23N3O4/c1-15-8-10-17(11-9-15)24-20(26)18(23(21(24)27)12-13-28-2)14-19(25)22-16-6-4-3-5-7-16/h3-11,18H,12-14H2,1-2H3,(H,22,25)/t18-/m1/s1. The van der Waals surface area contributed by atoms with Crippen LogP contribution in [0.4, 0.5) is 16.2 Å². The largest absolute Gasteiger partial charge is 0.383 e. The number of aryl methyl sites for hydroxylation is 1. The second kappa shape index (κ2) is 8.67. The third-order valence-corrected chi connectivity index (χ3v) is 4.58. The SMILES string of the molecule is COCCN1C(=O)N(c2ccc(C)cc2)C(=O)[C@H]1CC(=O)Nc1ccccc1. The number of imide groups is 1. The number of ether oxygens (including phenoxy) is 1. The highest BCUT2D eigenvalue weighted by Crippen LogP contribution is 2.27. The lowest BCUT2D eigenvalue weighted by atomic mass is 10.1. The van der Waals surface area contributed by atoms with Crippen molar-refractivity contribution < 1.29 is 19.1 Å². The molecule has 7 heteroatoms. The van der Waals surface area contributed by atoms with E-state index in [1.165, 1.54) is 12.0 Å². The lowest BCUT2D eigenvalue weighted by Crippen LogP contribution is -2.39. The molecule has 0 saturated carbocycles. The lowest BCUT2D eigenvalue weighted by Gasteiger charge is -2.21. The van der Waals surface area contributed by atoms with Crippen molar-refractivity contribution in [2.75, 3.05) is 30.5 Å². The Morgan fingerprint density at radius 1 is 1.07 bits per heavy atom. The average Bonchev–Trinajstić information content (AvgIpc) is 2.91. The molecule has 1 atom stereocenters. The number of anilines is 2. The second-order valence-corrected chi connectivity index (χ2v) is 6.61. The summed E-state index contributed by atoms with van der Waals surface area (Å²) in [4.78, 5) is 40.9. The van der Waals surface area contributed by atoms with Crippen LogP contribution in [0.15, 0.2) is 54.6 Å². The predicted molar refractivity (Wildman–Crippen MR) is 106 cm³/mol. The number of nitrogens with one attached hydrogen (secondary N) is 1. The van der Waals surface area contributed by atoms with Crippen LogP contribution in [0.25, 0.3) is 0 Å². The highest BCUT2D eigenvalue weighted by atomic mass is 16.5. The molecule has 7 nitrogen and oxygen atoms in total. The monoisotopic (exact) mass is 381 g/mol. The first kappa shape index (κ1) is 19.6. The Morgan fingerprint density at radius 3 is 2.39 bits per heavy atom. The number of urea groups is 1. The van der Waals surface area contributed by atoms with Gasteiger partial charge < -0.3 is 15.0 Å². The maximum Gasteiger partial charge on any atom is 0.332 e. The average molecular weight is 381 g/mol. The first-order valence-electron chi connectivity index (χ1n) is 9.06. The minimum atomic E-state index is -0.868. The molecule has 28 heavy (non-hydrogen) atoms. The Balaban J connectivity index is 1.80. The van der Waals surface area contributed by atoms with Crippen LogP contribution in [-0.2, 0) is 14.3 Å². The smallest absolute Gasteiger partial charge is 0.332 e. The molecule has 1 saturated heterocycles. The summed E-state index contributed by atoms with van der Waals surface area (Å²) in [6.07, 6.45) is -0.120. The number of carbonyl (C=O) groups is 3. The molecule has 0 aromatic heterocycles. The van der Waals surface area contributed by atoms with Crippen molar-refractivity contribution in [3.63, 3.8) is 0 Å². The van der Waals surface area contributed by atoms with Gasteiger partial charge in [0.15, 0.2) is 0 Å². The molecule has 3 rings (SSSR count). The third-order valence-electron chi connectivity index (χ3n) is 4.58. The minimum Gasteiger partial charge on any atom is -0.383 e. The molecule has 4 amide bonds. The van der Waals surface area contributed by atoms with E-state index in [0.29, 0.717) is 11.4 Å². The van der Waals surface area contributed by atoms with Gasteiger partial charge in [-0.15, -0.1) is 0 Å². The lowest BCUT2D eigenvalue weighted by molar-refractivity contribution is -0.124. The van der Waals surface area contributed by atoms with Crippen molar-refractivity contribution in [2.24, 2.45) is 0 Å². The molecule has 1 aliphatic rings. The molecule has 0 spiro atoms. The fraction of sp³-hybridized carbons (Fsp3) is 0.286. The van der Waals surface area contributed by atoms with Crippen LogP contribution in [-0.4, -0.2) is 49.0 Å². The topological polar surface area (TPSA) is 79.0 Å². The molecule has 1 N–H and O–H groups in total. The Bertz CT molecular complexity index is 852. The number of benzene rings is 2. The molecular formula is C21H23N3O4. The normalized spacial score (nSPS) is 16.6. The molecule has 2 aromatic rings. The zero-order chi connectivity index (χ0) is 20.1. The summed E-state index contributed by atoms with van der Waals surface area (Å²) < 4.78 is 5.07. The van der Waals surface area contributed by atoms with E-state index in [9.17, 15) is 14.4 Å². The van der Waals surface area contributed by atoms with Crippen molar-refractivity contribution in [3.05, 3.63) is 60.2 Å². The van der Waals surface area contributed by atoms with E-state index in [1.807, 2.05) is 37.3 Å². The van der Waals surface area contributed by atoms with Crippen LogP contribution < -0.4 is 10.2 Å². The molecule has 0 radical (unpaired) electrons. The maximum absolute atomic E-state index is 13.0. The van der Waals surface area contributed by atoms with E-state index in [0.717, 1.165) is 10.5 Å². The predicted octanol–water partition coefficient (Wildman–Crippen LogP) is 2.81. The molecule has 0 aliphatic carbocycles. The fourth-order valence-corrected chi connectivity index (χ4v) is 3.12. The summed E-state index contributed by atoms with van der Waals surface area (Å²) in [5.41, 5.74) is 2.16. The van der Waals surface area contributed by atoms with Crippen molar-refractivity contribution in [2.45, 2.75) is 19.4 Å². The number of carbonyl (C=O) groups excluding carboxylic acids is 3. The molecule has 1 fully saturated rings. The van der Waals surface area contributed by atoms with E-state index in [1.54, 1.807) is 24.3 Å². The van der Waals surface area contributed by atoms with Crippen molar-refractivity contribution >= 4 is 29.2 Å². The van der Waals surface area contributed by atoms with Crippen LogP contribution in [0.3, 0.4) is 0 Å². The Morgan fingerprint density at radius 2 is 1.75 bits per heavy atom. The molecule has 1 heterocycles. The van der Waals surface area contributed by atoms with Crippen LogP contribution in [0, 0.1) is 6.92 Å². The van der Waals surface area contributed by atoms with Gasteiger partial charge in [-0.1, -0.05) is 35.9 Å². The van der Waals surface area contributed by atoms with E-state index in [2.05, 4.69) is 5.32 Å². The number of methoxy groups -OCH3 is 1. The summed E-state index contributed by atoms with van der Waals surface area (Å²) in [6.45, 7) is 2.43. The van der Waals surface area contributed by atoms with Gasteiger partial charge in [0.25, 0.3) is 5.91 Å². The molecule has 0 bridgehead atoms. The van der Waals surface area contributed by atoms with Gasteiger partial charge in [-0.05, 0) is 31.2 Å². The third kappa shape index (κ3) is 4.20. The Kier molecular flexibility index (Phi) is 6.06. The van der Waals surface area contributed by atoms with E-state index in [4.69, 9.17) is 4.74 Å². The number of rotatable bonds is 7. The van der Waals surface area contributed by atoms with Crippen LogP contribution in [0.1, 0.15) is 12.0 Å². The molecular weight excluding hydrogens is 358 g/mol. The van der Waals surface area contributed by atoms with Gasteiger partial charge in [-0.3, -0.25) is 9.59 Å². The van der Waals surface area contributed by atoms with Gasteiger partial charge in [-0.25, -0.2) is 9.69 Å². The van der Waals surface area contributed by atoms with Gasteiger partial charge in [0.05, 0.1) is 18.7 Å². The Hall–Kier alpha value is -3.19. The summed E-state index contributed by atoms with van der Waals surface area (Å²) in [7, 11) is 1.53. The van der Waals surface area contributed by atoms with Gasteiger partial charge in [0, 0.05) is 19.3 Å². The van der Waals surface area contributed by atoms with Crippen molar-refractivity contribution in [1.29, 1.82) is 0 Å². The fourth-order valence-electron chi connectivity index (χ4n) is 3.12. The van der Waals surface area contributed by atoms with Gasteiger partial charge in [0.1, 0.15) is 6.04 Å². The summed E-state index contributed by atoms with van der Waals surface area (Å²) in [6, 6.07) is 14.8. The molecule has 0 unspecified atom stereocenters. The van der Waals surface area contributed by atoms with Crippen molar-refractivity contribution in [3.8, 4) is 0 Å². The Labute approximate surface area is 163 Å². The highest BCUT2D eigenvalue weighted by molar-refractivity contribution is 6.22. The quantitative estimate of drug-likeness (QED) is 0.748. The first-order valence-corrected chi connectivity index (χ1v) is 9.06. The van der Waals surface area contributed by atoms with Crippen LogP contribution in [0.2, 0.25) is 0 Å². The maximum atomic E-state index is 13.0. The van der Waals surface area contributed by atoms with Crippen molar-refractivity contribution in [1.82, 2.24) is 4.90 Å². The van der Waals surface area contributed by atoms with Gasteiger partial charge in [0.2, 0.25) is 5.91 Å². The summed E-state index contributed by atoms with van der Waals surface area (Å²) >= 11 is 0.